The molecule has 0 fully saturated rings. The minimum Gasteiger partial charge on any atom is -0.437 e. The smallest absolute Gasteiger partial charge is 0.248 e. The van der Waals surface area contributed by atoms with Crippen LogP contribution < -0.4 is 16.2 Å². The molecular formula is C12H10ClN3O2. The molecule has 0 bridgehead atoms. The average molecular weight is 264 g/mol. The second kappa shape index (κ2) is 4.93. The molecule has 5 nitrogen and oxygen atoms in total. The van der Waals surface area contributed by atoms with Crippen molar-refractivity contribution in [2.24, 2.45) is 5.73 Å². The van der Waals surface area contributed by atoms with Crippen LogP contribution in [0.5, 0.6) is 11.6 Å². The van der Waals surface area contributed by atoms with Crippen LogP contribution in [-0.2, 0) is 0 Å². The molecule has 0 aliphatic carbocycles. The minimum atomic E-state index is -0.495. The monoisotopic (exact) mass is 263 g/mol. The highest BCUT2D eigenvalue weighted by atomic mass is 35.5. The first kappa shape index (κ1) is 12.2. The zero-order valence-corrected chi connectivity index (χ0v) is 10.0. The van der Waals surface area contributed by atoms with Gasteiger partial charge in [0.2, 0.25) is 11.8 Å². The van der Waals surface area contributed by atoms with E-state index < -0.39 is 5.91 Å². The van der Waals surface area contributed by atoms with Gasteiger partial charge < -0.3 is 16.2 Å². The van der Waals surface area contributed by atoms with E-state index in [0.29, 0.717) is 22.0 Å². The summed E-state index contributed by atoms with van der Waals surface area (Å²) < 4.78 is 5.45. The first-order valence-corrected chi connectivity index (χ1v) is 5.43. The van der Waals surface area contributed by atoms with Crippen molar-refractivity contribution in [3.8, 4) is 11.6 Å². The fourth-order valence-corrected chi connectivity index (χ4v) is 1.49. The summed E-state index contributed by atoms with van der Waals surface area (Å²) in [5.41, 5.74) is 11.6. The van der Waals surface area contributed by atoms with Crippen molar-refractivity contribution in [1.29, 1.82) is 0 Å². The minimum absolute atomic E-state index is 0.256. The molecule has 0 saturated carbocycles. The van der Waals surface area contributed by atoms with Gasteiger partial charge in [-0.25, -0.2) is 4.98 Å². The standard InChI is InChI=1S/C12H10ClN3O2/c13-8-5-10(14)12(16-6-8)18-9-3-1-7(2-4-9)11(15)17/h1-6H,14H2,(H2,15,17). The second-order valence-electron chi connectivity index (χ2n) is 3.54. The summed E-state index contributed by atoms with van der Waals surface area (Å²) in [4.78, 5) is 14.9. The van der Waals surface area contributed by atoms with E-state index in [2.05, 4.69) is 4.98 Å². The summed E-state index contributed by atoms with van der Waals surface area (Å²) in [5.74, 6) is 0.262. The summed E-state index contributed by atoms with van der Waals surface area (Å²) in [6.45, 7) is 0. The normalized spacial score (nSPS) is 10.1. The Morgan fingerprint density at radius 3 is 2.50 bits per heavy atom. The second-order valence-corrected chi connectivity index (χ2v) is 3.98. The number of rotatable bonds is 3. The Bertz CT molecular complexity index is 584. The van der Waals surface area contributed by atoms with Crippen molar-refractivity contribution >= 4 is 23.2 Å². The highest BCUT2D eigenvalue weighted by Crippen LogP contribution is 2.26. The maximum Gasteiger partial charge on any atom is 0.248 e. The van der Waals surface area contributed by atoms with E-state index in [4.69, 9.17) is 27.8 Å². The first-order chi connectivity index (χ1) is 8.56. The predicted molar refractivity (Wildman–Crippen MR) is 68.7 cm³/mol. The van der Waals surface area contributed by atoms with Gasteiger partial charge in [-0.1, -0.05) is 11.6 Å². The van der Waals surface area contributed by atoms with Crippen molar-refractivity contribution < 1.29 is 9.53 Å². The molecule has 0 saturated heterocycles. The summed E-state index contributed by atoms with van der Waals surface area (Å²) >= 11 is 5.73. The molecule has 1 aromatic carbocycles. The molecule has 0 unspecified atom stereocenters. The van der Waals surface area contributed by atoms with Gasteiger partial charge in [0.05, 0.1) is 10.7 Å². The molecule has 2 rings (SSSR count). The third-order valence-corrected chi connectivity index (χ3v) is 2.41. The van der Waals surface area contributed by atoms with E-state index >= 15 is 0 Å². The van der Waals surface area contributed by atoms with Gasteiger partial charge in [-0.05, 0) is 30.3 Å². The number of nitrogens with two attached hydrogens (primary N) is 2. The fraction of sp³-hybridized carbons (Fsp3) is 0. The molecule has 6 heteroatoms. The lowest BCUT2D eigenvalue weighted by atomic mass is 10.2. The van der Waals surface area contributed by atoms with Gasteiger partial charge in [0.1, 0.15) is 5.75 Å². The van der Waals surface area contributed by atoms with Crippen molar-refractivity contribution in [3.05, 3.63) is 47.1 Å². The number of halogens is 1. The van der Waals surface area contributed by atoms with Crippen LogP contribution in [0, 0.1) is 0 Å². The molecule has 18 heavy (non-hydrogen) atoms. The lowest BCUT2D eigenvalue weighted by Gasteiger charge is -2.07. The van der Waals surface area contributed by atoms with Gasteiger partial charge in [-0.3, -0.25) is 4.79 Å². The topological polar surface area (TPSA) is 91.2 Å². The van der Waals surface area contributed by atoms with E-state index in [0.717, 1.165) is 0 Å². The summed E-state index contributed by atoms with van der Waals surface area (Å²) in [5, 5.41) is 0.434. The quantitative estimate of drug-likeness (QED) is 0.888. The molecule has 0 aliphatic rings. The zero-order chi connectivity index (χ0) is 13.1. The number of ether oxygens (including phenoxy) is 1. The SMILES string of the molecule is NC(=O)c1ccc(Oc2ncc(Cl)cc2N)cc1. The highest BCUT2D eigenvalue weighted by Gasteiger charge is 2.05. The molecule has 0 radical (unpaired) electrons. The Hall–Kier alpha value is -2.27. The largest absolute Gasteiger partial charge is 0.437 e. The third kappa shape index (κ3) is 2.70. The van der Waals surface area contributed by atoms with Gasteiger partial charge in [0.25, 0.3) is 0 Å². The molecule has 1 amide bonds. The fourth-order valence-electron chi connectivity index (χ4n) is 1.33. The molecule has 2 aromatic rings. The van der Waals surface area contributed by atoms with Crippen LogP contribution in [-0.4, -0.2) is 10.9 Å². The van der Waals surface area contributed by atoms with E-state index in [1.165, 1.54) is 6.20 Å². The molecule has 0 atom stereocenters. The van der Waals surface area contributed by atoms with E-state index in [1.807, 2.05) is 0 Å². The molecule has 0 aliphatic heterocycles. The Labute approximate surface area is 108 Å². The third-order valence-electron chi connectivity index (χ3n) is 2.20. The lowest BCUT2D eigenvalue weighted by Crippen LogP contribution is -2.10. The van der Waals surface area contributed by atoms with Crippen LogP contribution in [0.3, 0.4) is 0 Å². The van der Waals surface area contributed by atoms with Crippen LogP contribution in [0.4, 0.5) is 5.69 Å². The maximum atomic E-state index is 10.9. The number of pyridine rings is 1. The number of aromatic nitrogens is 1. The summed E-state index contributed by atoms with van der Waals surface area (Å²) in [6, 6.07) is 7.88. The van der Waals surface area contributed by atoms with Crippen molar-refractivity contribution in [2.45, 2.75) is 0 Å². The van der Waals surface area contributed by atoms with Crippen LogP contribution in [0.2, 0.25) is 5.02 Å². The van der Waals surface area contributed by atoms with E-state index in [9.17, 15) is 4.79 Å². The van der Waals surface area contributed by atoms with E-state index in [-0.39, 0.29) is 5.88 Å². The van der Waals surface area contributed by atoms with Gasteiger partial charge in [0, 0.05) is 11.8 Å². The van der Waals surface area contributed by atoms with Crippen LogP contribution in [0.15, 0.2) is 36.5 Å². The van der Waals surface area contributed by atoms with Crippen LogP contribution in [0.25, 0.3) is 0 Å². The number of nitrogen functional groups attached to an aromatic ring is 1. The van der Waals surface area contributed by atoms with Crippen LogP contribution >= 0.6 is 11.6 Å². The number of anilines is 1. The van der Waals surface area contributed by atoms with Crippen molar-refractivity contribution in [3.63, 3.8) is 0 Å². The number of hydrogen-bond acceptors (Lipinski definition) is 4. The van der Waals surface area contributed by atoms with Gasteiger partial charge in [-0.2, -0.15) is 0 Å². The average Bonchev–Trinajstić information content (AvgIpc) is 2.33. The Morgan fingerprint density at radius 1 is 1.28 bits per heavy atom. The zero-order valence-electron chi connectivity index (χ0n) is 9.26. The number of carbonyl (C=O) groups is 1. The molecule has 1 heterocycles. The lowest BCUT2D eigenvalue weighted by molar-refractivity contribution is 0.100. The number of primary amides is 1. The molecule has 0 spiro atoms. The van der Waals surface area contributed by atoms with Crippen molar-refractivity contribution in [2.75, 3.05) is 5.73 Å². The van der Waals surface area contributed by atoms with Crippen LogP contribution in [0.1, 0.15) is 10.4 Å². The number of amides is 1. The number of benzene rings is 1. The first-order valence-electron chi connectivity index (χ1n) is 5.05. The Morgan fingerprint density at radius 2 is 1.94 bits per heavy atom. The van der Waals surface area contributed by atoms with Gasteiger partial charge in [-0.15, -0.1) is 0 Å². The maximum absolute atomic E-state index is 10.9. The Kier molecular flexibility index (Phi) is 3.34. The molecule has 92 valence electrons. The number of carbonyl (C=O) groups excluding carboxylic acids is 1. The number of nitrogens with zero attached hydrogens (tertiary/aromatic N) is 1. The van der Waals surface area contributed by atoms with Gasteiger partial charge >= 0.3 is 0 Å². The van der Waals surface area contributed by atoms with Crippen molar-refractivity contribution in [1.82, 2.24) is 4.98 Å². The predicted octanol–water partition coefficient (Wildman–Crippen LogP) is 2.21. The molecular weight excluding hydrogens is 254 g/mol. The Balaban J connectivity index is 2.21. The summed E-state index contributed by atoms with van der Waals surface area (Å²) in [7, 11) is 0. The highest BCUT2D eigenvalue weighted by molar-refractivity contribution is 6.30. The van der Waals surface area contributed by atoms with Gasteiger partial charge in [0.15, 0.2) is 0 Å². The molecule has 1 aromatic heterocycles. The number of hydrogen-bond donors (Lipinski definition) is 2. The molecule has 4 N–H and O–H groups in total. The summed E-state index contributed by atoms with van der Waals surface area (Å²) in [6.07, 6.45) is 1.44. The van der Waals surface area contributed by atoms with E-state index in [1.54, 1.807) is 30.3 Å².